The number of oxazole rings is 1. The van der Waals surface area contributed by atoms with Crippen molar-refractivity contribution < 1.29 is 23.8 Å². The van der Waals surface area contributed by atoms with E-state index in [2.05, 4.69) is 15.4 Å². The summed E-state index contributed by atoms with van der Waals surface area (Å²) < 4.78 is 17.6. The zero-order valence-corrected chi connectivity index (χ0v) is 15.5. The highest BCUT2D eigenvalue weighted by Crippen LogP contribution is 2.23. The van der Waals surface area contributed by atoms with Crippen molar-refractivity contribution in [1.29, 1.82) is 0 Å². The van der Waals surface area contributed by atoms with Crippen LogP contribution in [0, 0.1) is 0 Å². The van der Waals surface area contributed by atoms with Gasteiger partial charge in [-0.2, -0.15) is 5.10 Å². The molecule has 0 saturated carbocycles. The standard InChI is InChI=1S/C18H21N5O6/c19-12-1-3-15-14(11-12)21-17(29-15)13-2-4-16(24)23(22-13)6-8-28-10-9-27-7-5-20-18(25)26/h1-4,11,20H,5-10,19H2,(H,25,26). The van der Waals surface area contributed by atoms with Crippen LogP contribution in [0.25, 0.3) is 22.7 Å². The van der Waals surface area contributed by atoms with Crippen LogP contribution in [-0.4, -0.2) is 58.9 Å². The number of carbonyl (C=O) groups is 1. The van der Waals surface area contributed by atoms with Crippen molar-refractivity contribution in [3.05, 3.63) is 40.7 Å². The molecule has 11 nitrogen and oxygen atoms in total. The molecule has 29 heavy (non-hydrogen) atoms. The molecule has 0 aliphatic carbocycles. The lowest BCUT2D eigenvalue weighted by Crippen LogP contribution is -2.26. The fourth-order valence-corrected chi connectivity index (χ4v) is 2.48. The first-order valence-electron chi connectivity index (χ1n) is 8.90. The maximum atomic E-state index is 12.0. The van der Waals surface area contributed by atoms with Gasteiger partial charge in [0.1, 0.15) is 11.2 Å². The number of hydrogen-bond donors (Lipinski definition) is 3. The van der Waals surface area contributed by atoms with Gasteiger partial charge in [-0.05, 0) is 24.3 Å². The molecule has 4 N–H and O–H groups in total. The maximum Gasteiger partial charge on any atom is 0.404 e. The average molecular weight is 403 g/mol. The van der Waals surface area contributed by atoms with Gasteiger partial charge in [0.05, 0.1) is 33.0 Å². The first kappa shape index (κ1) is 20.3. The molecule has 11 heteroatoms. The minimum atomic E-state index is -1.09. The highest BCUT2D eigenvalue weighted by Gasteiger charge is 2.11. The Labute approximate surface area is 165 Å². The van der Waals surface area contributed by atoms with E-state index < -0.39 is 6.09 Å². The highest BCUT2D eigenvalue weighted by molar-refractivity contribution is 5.78. The number of benzene rings is 1. The Morgan fingerprint density at radius 2 is 1.97 bits per heavy atom. The number of hydrogen-bond acceptors (Lipinski definition) is 8. The number of amides is 1. The average Bonchev–Trinajstić information content (AvgIpc) is 3.10. The molecule has 0 bridgehead atoms. The molecule has 0 unspecified atom stereocenters. The Morgan fingerprint density at radius 1 is 1.17 bits per heavy atom. The summed E-state index contributed by atoms with van der Waals surface area (Å²) in [6.45, 7) is 1.61. The van der Waals surface area contributed by atoms with Crippen LogP contribution in [0.15, 0.2) is 39.5 Å². The van der Waals surface area contributed by atoms with Crippen molar-refractivity contribution in [2.75, 3.05) is 38.7 Å². The van der Waals surface area contributed by atoms with Gasteiger partial charge >= 0.3 is 6.09 Å². The molecule has 0 fully saturated rings. The number of nitrogen functional groups attached to an aromatic ring is 1. The fraction of sp³-hybridized carbons (Fsp3) is 0.333. The minimum Gasteiger partial charge on any atom is -0.465 e. The van der Waals surface area contributed by atoms with Gasteiger partial charge < -0.3 is 30.0 Å². The summed E-state index contributed by atoms with van der Waals surface area (Å²) in [5.74, 6) is 0.295. The third kappa shape index (κ3) is 5.77. The van der Waals surface area contributed by atoms with Crippen LogP contribution in [0.2, 0.25) is 0 Å². The Kier molecular flexibility index (Phi) is 6.76. The van der Waals surface area contributed by atoms with E-state index in [4.69, 9.17) is 24.7 Å². The smallest absolute Gasteiger partial charge is 0.404 e. The van der Waals surface area contributed by atoms with E-state index in [1.54, 1.807) is 24.3 Å². The number of nitrogens with zero attached hydrogens (tertiary/aromatic N) is 3. The van der Waals surface area contributed by atoms with Crippen molar-refractivity contribution in [1.82, 2.24) is 20.1 Å². The van der Waals surface area contributed by atoms with E-state index in [-0.39, 0.29) is 31.9 Å². The van der Waals surface area contributed by atoms with Crippen LogP contribution < -0.4 is 16.6 Å². The first-order valence-corrected chi connectivity index (χ1v) is 8.90. The van der Waals surface area contributed by atoms with Crippen LogP contribution in [-0.2, 0) is 16.0 Å². The number of anilines is 1. The summed E-state index contributed by atoms with van der Waals surface area (Å²) in [6.07, 6.45) is -1.09. The Hall–Kier alpha value is -3.44. The lowest BCUT2D eigenvalue weighted by Gasteiger charge is -2.07. The number of rotatable bonds is 10. The van der Waals surface area contributed by atoms with Gasteiger partial charge in [0, 0.05) is 18.3 Å². The number of aromatic nitrogens is 3. The van der Waals surface area contributed by atoms with E-state index in [1.807, 2.05) is 0 Å². The molecule has 0 spiro atoms. The first-order chi connectivity index (χ1) is 14.0. The Morgan fingerprint density at radius 3 is 2.76 bits per heavy atom. The molecule has 3 aromatic rings. The summed E-state index contributed by atoms with van der Waals surface area (Å²) in [4.78, 5) is 26.6. The monoisotopic (exact) mass is 403 g/mol. The topological polar surface area (TPSA) is 155 Å². The predicted molar refractivity (Wildman–Crippen MR) is 104 cm³/mol. The van der Waals surface area contributed by atoms with Crippen LogP contribution in [0.5, 0.6) is 0 Å². The molecule has 1 aromatic carbocycles. The summed E-state index contributed by atoms with van der Waals surface area (Å²) in [5, 5.41) is 14.9. The number of carboxylic acid groups (broad SMARTS) is 1. The lowest BCUT2D eigenvalue weighted by atomic mass is 10.3. The molecule has 0 radical (unpaired) electrons. The van der Waals surface area contributed by atoms with Crippen LogP contribution in [0.3, 0.4) is 0 Å². The molecule has 2 heterocycles. The van der Waals surface area contributed by atoms with Crippen molar-refractivity contribution in [2.24, 2.45) is 0 Å². The van der Waals surface area contributed by atoms with Gasteiger partial charge in [-0.1, -0.05) is 0 Å². The summed E-state index contributed by atoms with van der Waals surface area (Å²) >= 11 is 0. The Bertz CT molecular complexity index is 1030. The molecule has 0 aliphatic heterocycles. The second kappa shape index (κ2) is 9.66. The van der Waals surface area contributed by atoms with Gasteiger partial charge in [-0.25, -0.2) is 14.5 Å². The highest BCUT2D eigenvalue weighted by atomic mass is 16.5. The Balaban J connectivity index is 1.50. The van der Waals surface area contributed by atoms with Crippen molar-refractivity contribution in [3.63, 3.8) is 0 Å². The third-order valence-electron chi connectivity index (χ3n) is 3.84. The maximum absolute atomic E-state index is 12.0. The number of fused-ring (bicyclic) bond motifs is 1. The molecule has 0 saturated heterocycles. The molecular weight excluding hydrogens is 382 g/mol. The van der Waals surface area contributed by atoms with Gasteiger partial charge in [0.2, 0.25) is 5.89 Å². The van der Waals surface area contributed by atoms with E-state index in [1.165, 1.54) is 10.7 Å². The zero-order valence-electron chi connectivity index (χ0n) is 15.5. The second-order valence-electron chi connectivity index (χ2n) is 5.98. The number of ether oxygens (including phenoxy) is 2. The quantitative estimate of drug-likeness (QED) is 0.331. The van der Waals surface area contributed by atoms with E-state index in [0.717, 1.165) is 0 Å². The predicted octanol–water partition coefficient (Wildman–Crippen LogP) is 0.935. The zero-order chi connectivity index (χ0) is 20.6. The summed E-state index contributed by atoms with van der Waals surface area (Å²) in [7, 11) is 0. The normalized spacial score (nSPS) is 11.0. The molecule has 0 aliphatic rings. The van der Waals surface area contributed by atoms with Gasteiger partial charge in [-0.3, -0.25) is 4.79 Å². The SMILES string of the molecule is Nc1ccc2oc(-c3ccc(=O)n(CCOCCOCCNC(=O)O)n3)nc2c1. The van der Waals surface area contributed by atoms with Gasteiger partial charge in [0.15, 0.2) is 5.58 Å². The van der Waals surface area contributed by atoms with Crippen molar-refractivity contribution >= 4 is 22.9 Å². The molecule has 0 atom stereocenters. The van der Waals surface area contributed by atoms with Crippen LogP contribution in [0.4, 0.5) is 10.5 Å². The number of nitrogens with two attached hydrogens (primary N) is 1. The van der Waals surface area contributed by atoms with Gasteiger partial charge in [-0.15, -0.1) is 0 Å². The lowest BCUT2D eigenvalue weighted by molar-refractivity contribution is 0.0447. The van der Waals surface area contributed by atoms with Crippen LogP contribution >= 0.6 is 0 Å². The largest absolute Gasteiger partial charge is 0.465 e. The van der Waals surface area contributed by atoms with Crippen molar-refractivity contribution in [3.8, 4) is 11.6 Å². The van der Waals surface area contributed by atoms with E-state index in [0.29, 0.717) is 41.6 Å². The van der Waals surface area contributed by atoms with Gasteiger partial charge in [0.25, 0.3) is 5.56 Å². The third-order valence-corrected chi connectivity index (χ3v) is 3.84. The molecular formula is C18H21N5O6. The molecule has 154 valence electrons. The minimum absolute atomic E-state index is 0.212. The second-order valence-corrected chi connectivity index (χ2v) is 5.98. The van der Waals surface area contributed by atoms with E-state index >= 15 is 0 Å². The summed E-state index contributed by atoms with van der Waals surface area (Å²) in [6, 6.07) is 8.09. The van der Waals surface area contributed by atoms with Crippen LogP contribution in [0.1, 0.15) is 0 Å². The molecule has 3 rings (SSSR count). The molecule has 2 aromatic heterocycles. The summed E-state index contributed by atoms with van der Waals surface area (Å²) in [5.41, 5.74) is 7.67. The van der Waals surface area contributed by atoms with Crippen molar-refractivity contribution in [2.45, 2.75) is 6.54 Å². The number of nitrogens with one attached hydrogen (secondary N) is 1. The molecule has 1 amide bonds. The van der Waals surface area contributed by atoms with E-state index in [9.17, 15) is 9.59 Å². The fourth-order valence-electron chi connectivity index (χ4n) is 2.48.